The highest BCUT2D eigenvalue weighted by atomic mass is 79.9. The highest BCUT2D eigenvalue weighted by Gasteiger charge is 2.26. The number of carbonyl (C=O) groups excluding carboxylic acids is 1. The van der Waals surface area contributed by atoms with E-state index in [1.54, 1.807) is 4.90 Å². The summed E-state index contributed by atoms with van der Waals surface area (Å²) < 4.78 is 13.6. The topological polar surface area (TPSA) is 46.3 Å². The van der Waals surface area contributed by atoms with Crippen molar-refractivity contribution >= 4 is 45.8 Å². The molecule has 1 unspecified atom stereocenters. The standard InChI is InChI=1S/C11H11BrClFN2O.ClH/c12-9-4-6(14)3-8(10(9)13)11(17)16-2-1-7(15)5-16;/h3-4,7H,1-2,5,15H2;1H. The van der Waals surface area contributed by atoms with Crippen LogP contribution in [0.5, 0.6) is 0 Å². The van der Waals surface area contributed by atoms with Crippen molar-refractivity contribution in [2.75, 3.05) is 13.1 Å². The third-order valence-electron chi connectivity index (χ3n) is 2.74. The Morgan fingerprint density at radius 3 is 2.78 bits per heavy atom. The number of likely N-dealkylation sites (tertiary alicyclic amines) is 1. The fourth-order valence-electron chi connectivity index (χ4n) is 1.85. The molecule has 7 heteroatoms. The molecule has 0 bridgehead atoms. The van der Waals surface area contributed by atoms with Crippen molar-refractivity contribution in [2.24, 2.45) is 5.73 Å². The highest BCUT2D eigenvalue weighted by Crippen LogP contribution is 2.29. The Balaban J connectivity index is 0.00000162. The fraction of sp³-hybridized carbons (Fsp3) is 0.364. The maximum absolute atomic E-state index is 13.2. The molecule has 1 aromatic carbocycles. The second-order valence-electron chi connectivity index (χ2n) is 4.05. The van der Waals surface area contributed by atoms with E-state index in [9.17, 15) is 9.18 Å². The number of rotatable bonds is 1. The van der Waals surface area contributed by atoms with E-state index in [2.05, 4.69) is 15.9 Å². The third kappa shape index (κ3) is 3.15. The SMILES string of the molecule is Cl.NC1CCN(C(=O)c2cc(F)cc(Br)c2Cl)C1. The molecule has 1 aliphatic heterocycles. The molecule has 100 valence electrons. The minimum absolute atomic E-state index is 0. The summed E-state index contributed by atoms with van der Waals surface area (Å²) in [5.41, 5.74) is 5.90. The van der Waals surface area contributed by atoms with E-state index in [1.807, 2.05) is 0 Å². The summed E-state index contributed by atoms with van der Waals surface area (Å²) in [5.74, 6) is -0.767. The van der Waals surface area contributed by atoms with E-state index in [4.69, 9.17) is 17.3 Å². The summed E-state index contributed by atoms with van der Waals surface area (Å²) in [6.45, 7) is 1.08. The minimum atomic E-state index is -0.492. The molecule has 1 fully saturated rings. The summed E-state index contributed by atoms with van der Waals surface area (Å²) in [4.78, 5) is 13.7. The lowest BCUT2D eigenvalue weighted by molar-refractivity contribution is 0.0790. The molecular weight excluding hydrogens is 346 g/mol. The fourth-order valence-corrected chi connectivity index (χ4v) is 2.48. The van der Waals surface area contributed by atoms with Crippen molar-refractivity contribution in [2.45, 2.75) is 12.5 Å². The molecule has 1 atom stereocenters. The van der Waals surface area contributed by atoms with E-state index in [1.165, 1.54) is 6.07 Å². The first kappa shape index (κ1) is 15.7. The number of halogens is 4. The Labute approximate surface area is 124 Å². The van der Waals surface area contributed by atoms with Gasteiger partial charge in [0.15, 0.2) is 0 Å². The maximum atomic E-state index is 13.2. The van der Waals surface area contributed by atoms with Gasteiger partial charge in [0.25, 0.3) is 5.91 Å². The lowest BCUT2D eigenvalue weighted by Gasteiger charge is -2.17. The Morgan fingerprint density at radius 1 is 1.56 bits per heavy atom. The Hall–Kier alpha value is -0.360. The van der Waals surface area contributed by atoms with E-state index in [0.717, 1.165) is 12.5 Å². The van der Waals surface area contributed by atoms with Crippen molar-refractivity contribution in [1.29, 1.82) is 0 Å². The van der Waals surface area contributed by atoms with Gasteiger partial charge in [-0.1, -0.05) is 11.6 Å². The summed E-state index contributed by atoms with van der Waals surface area (Å²) >= 11 is 9.10. The van der Waals surface area contributed by atoms with Crippen molar-refractivity contribution in [3.63, 3.8) is 0 Å². The zero-order chi connectivity index (χ0) is 12.6. The van der Waals surface area contributed by atoms with E-state index >= 15 is 0 Å². The van der Waals surface area contributed by atoms with Gasteiger partial charge in [0.1, 0.15) is 5.82 Å². The van der Waals surface area contributed by atoms with Gasteiger partial charge in [0.05, 0.1) is 10.6 Å². The van der Waals surface area contributed by atoms with Gasteiger partial charge in [-0.05, 0) is 34.5 Å². The zero-order valence-electron chi connectivity index (χ0n) is 9.33. The monoisotopic (exact) mass is 356 g/mol. The molecule has 0 aromatic heterocycles. The maximum Gasteiger partial charge on any atom is 0.255 e. The van der Waals surface area contributed by atoms with Crippen LogP contribution in [-0.2, 0) is 0 Å². The summed E-state index contributed by atoms with van der Waals surface area (Å²) in [6, 6.07) is 2.38. The average molecular weight is 358 g/mol. The average Bonchev–Trinajstić information content (AvgIpc) is 2.69. The van der Waals surface area contributed by atoms with Crippen LogP contribution in [0, 0.1) is 5.82 Å². The number of amides is 1. The number of nitrogens with zero attached hydrogens (tertiary/aromatic N) is 1. The number of hydrogen-bond donors (Lipinski definition) is 1. The zero-order valence-corrected chi connectivity index (χ0v) is 12.5. The number of benzene rings is 1. The van der Waals surface area contributed by atoms with Crippen molar-refractivity contribution in [3.8, 4) is 0 Å². The molecule has 1 aliphatic rings. The Bertz CT molecular complexity index is 473. The normalized spacial score (nSPS) is 18.7. The van der Waals surface area contributed by atoms with Crippen LogP contribution < -0.4 is 5.73 Å². The highest BCUT2D eigenvalue weighted by molar-refractivity contribution is 9.10. The van der Waals surface area contributed by atoms with E-state index in [0.29, 0.717) is 17.6 Å². The van der Waals surface area contributed by atoms with Gasteiger partial charge in [0.2, 0.25) is 0 Å². The van der Waals surface area contributed by atoms with Crippen molar-refractivity contribution in [3.05, 3.63) is 33.0 Å². The van der Waals surface area contributed by atoms with Gasteiger partial charge in [-0.2, -0.15) is 0 Å². The predicted molar refractivity (Wildman–Crippen MR) is 74.9 cm³/mol. The molecule has 2 rings (SSSR count). The number of nitrogens with two attached hydrogens (primary N) is 1. The predicted octanol–water partition coefficient (Wildman–Crippen LogP) is 2.84. The molecule has 1 heterocycles. The van der Waals surface area contributed by atoms with Crippen LogP contribution in [0.4, 0.5) is 4.39 Å². The van der Waals surface area contributed by atoms with Crippen LogP contribution in [0.15, 0.2) is 16.6 Å². The Kier molecular flexibility index (Phi) is 5.40. The van der Waals surface area contributed by atoms with Gasteiger partial charge < -0.3 is 10.6 Å². The summed E-state index contributed by atoms with van der Waals surface area (Å²) in [5, 5.41) is 0.233. The van der Waals surface area contributed by atoms with Crippen LogP contribution in [0.2, 0.25) is 5.02 Å². The molecule has 0 spiro atoms. The van der Waals surface area contributed by atoms with Crippen LogP contribution in [0.1, 0.15) is 16.8 Å². The number of hydrogen-bond acceptors (Lipinski definition) is 2. The molecule has 0 aliphatic carbocycles. The van der Waals surface area contributed by atoms with Crippen LogP contribution in [0.25, 0.3) is 0 Å². The molecule has 2 N–H and O–H groups in total. The molecule has 1 amide bonds. The largest absolute Gasteiger partial charge is 0.337 e. The Morgan fingerprint density at radius 2 is 2.22 bits per heavy atom. The first-order valence-electron chi connectivity index (χ1n) is 5.18. The van der Waals surface area contributed by atoms with E-state index < -0.39 is 5.82 Å². The molecule has 18 heavy (non-hydrogen) atoms. The van der Waals surface area contributed by atoms with Gasteiger partial charge >= 0.3 is 0 Å². The van der Waals surface area contributed by atoms with Gasteiger partial charge in [0, 0.05) is 23.6 Å². The molecule has 3 nitrogen and oxygen atoms in total. The smallest absolute Gasteiger partial charge is 0.255 e. The quantitative estimate of drug-likeness (QED) is 0.785. The van der Waals surface area contributed by atoms with Gasteiger partial charge in [-0.25, -0.2) is 4.39 Å². The van der Waals surface area contributed by atoms with Crippen LogP contribution >= 0.6 is 39.9 Å². The minimum Gasteiger partial charge on any atom is -0.337 e. The molecule has 0 radical (unpaired) electrons. The number of carbonyl (C=O) groups is 1. The third-order valence-corrected chi connectivity index (χ3v) is 4.00. The first-order chi connectivity index (χ1) is 7.99. The molecule has 1 aromatic rings. The second kappa shape index (κ2) is 6.19. The van der Waals surface area contributed by atoms with Crippen LogP contribution in [-0.4, -0.2) is 29.9 Å². The molecule has 0 saturated carbocycles. The molecular formula is C11H12BrCl2FN2O. The summed E-state index contributed by atoms with van der Waals surface area (Å²) in [7, 11) is 0. The molecule has 1 saturated heterocycles. The lowest BCUT2D eigenvalue weighted by Crippen LogP contribution is -2.32. The lowest BCUT2D eigenvalue weighted by atomic mass is 10.2. The van der Waals surface area contributed by atoms with Crippen molar-refractivity contribution < 1.29 is 9.18 Å². The van der Waals surface area contributed by atoms with Crippen molar-refractivity contribution in [1.82, 2.24) is 4.90 Å². The summed E-state index contributed by atoms with van der Waals surface area (Å²) in [6.07, 6.45) is 0.764. The second-order valence-corrected chi connectivity index (χ2v) is 5.28. The first-order valence-corrected chi connectivity index (χ1v) is 6.35. The van der Waals surface area contributed by atoms with E-state index in [-0.39, 0.29) is 34.9 Å². The van der Waals surface area contributed by atoms with Gasteiger partial charge in [-0.3, -0.25) is 4.79 Å². The van der Waals surface area contributed by atoms with Gasteiger partial charge in [-0.15, -0.1) is 12.4 Å². The van der Waals surface area contributed by atoms with Crippen LogP contribution in [0.3, 0.4) is 0 Å².